The van der Waals surface area contributed by atoms with E-state index >= 15 is 0 Å². The van der Waals surface area contributed by atoms with Crippen molar-refractivity contribution in [3.05, 3.63) is 45.6 Å². The van der Waals surface area contributed by atoms with Crippen molar-refractivity contribution >= 4 is 22.6 Å². The highest BCUT2D eigenvalue weighted by Crippen LogP contribution is 2.45. The van der Waals surface area contributed by atoms with Crippen molar-refractivity contribution in [3.63, 3.8) is 0 Å². The first-order valence-corrected chi connectivity index (χ1v) is 9.88. The SMILES string of the molecule is CC[C@]1(/C=C(\C)I)C[C@@](O)(CC)[C@H](CCOCc2ccccc2)O1. The lowest BCUT2D eigenvalue weighted by atomic mass is 9.83. The summed E-state index contributed by atoms with van der Waals surface area (Å²) in [5, 5.41) is 11.0. The van der Waals surface area contributed by atoms with Crippen molar-refractivity contribution in [1.29, 1.82) is 0 Å². The topological polar surface area (TPSA) is 38.7 Å². The molecule has 1 fully saturated rings. The van der Waals surface area contributed by atoms with Crippen molar-refractivity contribution in [2.24, 2.45) is 0 Å². The molecule has 3 atom stereocenters. The molecule has 1 N–H and O–H groups in total. The molecule has 0 unspecified atom stereocenters. The lowest BCUT2D eigenvalue weighted by molar-refractivity contribution is -0.0784. The standard InChI is InChI=1S/C20H29IO3/c1-4-19(13-16(3)21)15-20(22,5-2)18(24-19)11-12-23-14-17-9-7-6-8-10-17/h6-10,13,18,22H,4-5,11-12,14-15H2,1-3H3/b16-13+/t18-,19-,20-/m0/s1. The number of halogens is 1. The number of hydrogen-bond acceptors (Lipinski definition) is 3. The van der Waals surface area contributed by atoms with Crippen LogP contribution in [-0.2, 0) is 16.1 Å². The van der Waals surface area contributed by atoms with Crippen LogP contribution in [0.4, 0.5) is 0 Å². The van der Waals surface area contributed by atoms with Gasteiger partial charge in [-0.3, -0.25) is 0 Å². The van der Waals surface area contributed by atoms with Gasteiger partial charge in [-0.2, -0.15) is 0 Å². The van der Waals surface area contributed by atoms with Crippen LogP contribution in [0.3, 0.4) is 0 Å². The Morgan fingerprint density at radius 3 is 2.62 bits per heavy atom. The van der Waals surface area contributed by atoms with Crippen molar-refractivity contribution in [2.45, 2.75) is 70.4 Å². The van der Waals surface area contributed by atoms with Gasteiger partial charge >= 0.3 is 0 Å². The highest BCUT2D eigenvalue weighted by Gasteiger charge is 2.52. The minimum absolute atomic E-state index is 0.176. The van der Waals surface area contributed by atoms with E-state index in [-0.39, 0.29) is 11.7 Å². The molecule has 24 heavy (non-hydrogen) atoms. The zero-order chi connectivity index (χ0) is 17.6. The van der Waals surface area contributed by atoms with Gasteiger partial charge in [0.05, 0.1) is 23.9 Å². The molecule has 2 rings (SSSR count). The minimum atomic E-state index is -0.769. The van der Waals surface area contributed by atoms with Gasteiger partial charge in [0.2, 0.25) is 0 Å². The molecule has 1 heterocycles. The molecule has 0 bridgehead atoms. The third kappa shape index (κ3) is 5.04. The van der Waals surface area contributed by atoms with E-state index in [1.807, 2.05) is 25.1 Å². The molecular formula is C20H29IO3. The molecule has 4 heteroatoms. The predicted octanol–water partition coefficient (Wildman–Crippen LogP) is 5.01. The summed E-state index contributed by atoms with van der Waals surface area (Å²) >= 11 is 2.31. The summed E-state index contributed by atoms with van der Waals surface area (Å²) in [5.74, 6) is 0. The van der Waals surface area contributed by atoms with Crippen LogP contribution in [-0.4, -0.2) is 29.0 Å². The highest BCUT2D eigenvalue weighted by molar-refractivity contribution is 14.1. The normalized spacial score (nSPS) is 30.7. The zero-order valence-corrected chi connectivity index (χ0v) is 17.1. The van der Waals surface area contributed by atoms with Gasteiger partial charge in [0.15, 0.2) is 0 Å². The van der Waals surface area contributed by atoms with E-state index in [0.29, 0.717) is 32.5 Å². The lowest BCUT2D eigenvalue weighted by Gasteiger charge is -2.26. The second kappa shape index (κ2) is 8.79. The molecule has 1 saturated heterocycles. The van der Waals surface area contributed by atoms with Crippen LogP contribution in [0.1, 0.15) is 52.0 Å². The molecule has 0 spiro atoms. The Balaban J connectivity index is 1.94. The van der Waals surface area contributed by atoms with E-state index < -0.39 is 5.60 Å². The fourth-order valence-corrected chi connectivity index (χ4v) is 4.03. The summed E-state index contributed by atoms with van der Waals surface area (Å²) in [6.07, 6.45) is 4.94. The van der Waals surface area contributed by atoms with Crippen molar-refractivity contribution < 1.29 is 14.6 Å². The van der Waals surface area contributed by atoms with Crippen LogP contribution in [0.5, 0.6) is 0 Å². The molecule has 1 aromatic carbocycles. The molecule has 1 aliphatic rings. The fraction of sp³-hybridized carbons (Fsp3) is 0.600. The second-order valence-corrected chi connectivity index (χ2v) is 8.42. The fourth-order valence-electron chi connectivity index (χ4n) is 3.46. The van der Waals surface area contributed by atoms with Crippen molar-refractivity contribution in [3.8, 4) is 0 Å². The molecule has 134 valence electrons. The van der Waals surface area contributed by atoms with E-state index in [1.165, 1.54) is 9.14 Å². The molecule has 0 aromatic heterocycles. The van der Waals surface area contributed by atoms with Gasteiger partial charge in [-0.25, -0.2) is 0 Å². The molecule has 0 aliphatic carbocycles. The zero-order valence-electron chi connectivity index (χ0n) is 14.9. The summed E-state index contributed by atoms with van der Waals surface area (Å²) in [6, 6.07) is 10.2. The number of benzene rings is 1. The summed E-state index contributed by atoms with van der Waals surface area (Å²) in [7, 11) is 0. The quantitative estimate of drug-likeness (QED) is 0.453. The number of rotatable bonds is 8. The molecule has 0 saturated carbocycles. The van der Waals surface area contributed by atoms with E-state index in [4.69, 9.17) is 9.47 Å². The molecule has 3 nitrogen and oxygen atoms in total. The van der Waals surface area contributed by atoms with Crippen LogP contribution >= 0.6 is 22.6 Å². The number of aliphatic hydroxyl groups is 1. The monoisotopic (exact) mass is 444 g/mol. The molecule has 1 aromatic rings. The van der Waals surface area contributed by atoms with Crippen LogP contribution in [0.2, 0.25) is 0 Å². The van der Waals surface area contributed by atoms with Crippen LogP contribution < -0.4 is 0 Å². The predicted molar refractivity (Wildman–Crippen MR) is 106 cm³/mol. The van der Waals surface area contributed by atoms with Gasteiger partial charge < -0.3 is 14.6 Å². The van der Waals surface area contributed by atoms with E-state index in [2.05, 4.69) is 54.6 Å². The first kappa shape index (κ1) is 19.9. The average Bonchev–Trinajstić information content (AvgIpc) is 2.85. The maximum absolute atomic E-state index is 11.0. The lowest BCUT2D eigenvalue weighted by Crippen LogP contribution is -2.38. The summed E-state index contributed by atoms with van der Waals surface area (Å²) in [5.41, 5.74) is 0.0523. The van der Waals surface area contributed by atoms with Crippen LogP contribution in [0.25, 0.3) is 0 Å². The van der Waals surface area contributed by atoms with E-state index in [1.54, 1.807) is 0 Å². The molecule has 0 radical (unpaired) electrons. The Labute approximate surface area is 159 Å². The first-order chi connectivity index (χ1) is 11.4. The van der Waals surface area contributed by atoms with Crippen LogP contribution in [0, 0.1) is 0 Å². The van der Waals surface area contributed by atoms with E-state index in [0.717, 1.165) is 6.42 Å². The number of allylic oxidation sites excluding steroid dienone is 1. The Hall–Kier alpha value is -0.430. The number of hydrogen-bond donors (Lipinski definition) is 1. The second-order valence-electron chi connectivity index (χ2n) is 6.72. The largest absolute Gasteiger partial charge is 0.387 e. The minimum Gasteiger partial charge on any atom is -0.387 e. The first-order valence-electron chi connectivity index (χ1n) is 8.80. The summed E-state index contributed by atoms with van der Waals surface area (Å²) in [6.45, 7) is 7.43. The van der Waals surface area contributed by atoms with Gasteiger partial charge in [-0.1, -0.05) is 44.2 Å². The third-order valence-corrected chi connectivity index (χ3v) is 5.20. The Bertz CT molecular complexity index is 541. The molecule has 0 amide bonds. The third-order valence-electron chi connectivity index (χ3n) is 4.89. The summed E-state index contributed by atoms with van der Waals surface area (Å²) < 4.78 is 13.4. The maximum Gasteiger partial charge on any atom is 0.0937 e. The Kier molecular flexibility index (Phi) is 7.28. The average molecular weight is 444 g/mol. The van der Waals surface area contributed by atoms with Gasteiger partial charge in [-0.05, 0) is 64.0 Å². The smallest absolute Gasteiger partial charge is 0.0937 e. The highest BCUT2D eigenvalue weighted by atomic mass is 127. The van der Waals surface area contributed by atoms with Gasteiger partial charge in [0.1, 0.15) is 0 Å². The molecule has 1 aliphatic heterocycles. The van der Waals surface area contributed by atoms with Crippen molar-refractivity contribution in [2.75, 3.05) is 6.61 Å². The number of ether oxygens (including phenoxy) is 2. The maximum atomic E-state index is 11.0. The van der Waals surface area contributed by atoms with Gasteiger partial charge in [0.25, 0.3) is 0 Å². The summed E-state index contributed by atoms with van der Waals surface area (Å²) in [4.78, 5) is 0. The van der Waals surface area contributed by atoms with Gasteiger partial charge in [0, 0.05) is 13.0 Å². The Morgan fingerprint density at radius 1 is 1.33 bits per heavy atom. The van der Waals surface area contributed by atoms with Crippen molar-refractivity contribution in [1.82, 2.24) is 0 Å². The van der Waals surface area contributed by atoms with E-state index in [9.17, 15) is 5.11 Å². The molecular weight excluding hydrogens is 415 g/mol. The Morgan fingerprint density at radius 2 is 2.04 bits per heavy atom. The van der Waals surface area contributed by atoms with Gasteiger partial charge in [-0.15, -0.1) is 0 Å². The van der Waals surface area contributed by atoms with Crippen LogP contribution in [0.15, 0.2) is 40.0 Å².